The Morgan fingerprint density at radius 2 is 2.29 bits per heavy atom. The molecule has 0 aromatic heterocycles. The number of nitrogens with two attached hydrogens (primary N) is 1. The van der Waals surface area contributed by atoms with Gasteiger partial charge in [0, 0.05) is 13.1 Å². The van der Waals surface area contributed by atoms with E-state index in [2.05, 4.69) is 12.2 Å². The number of rotatable bonds is 6. The summed E-state index contributed by atoms with van der Waals surface area (Å²) in [7, 11) is 0. The third-order valence-electron chi connectivity index (χ3n) is 3.93. The van der Waals surface area contributed by atoms with Crippen molar-refractivity contribution < 1.29 is 9.18 Å². The van der Waals surface area contributed by atoms with Crippen LogP contribution in [0.2, 0.25) is 0 Å². The summed E-state index contributed by atoms with van der Waals surface area (Å²) in [5.41, 5.74) is 6.92. The highest BCUT2D eigenvalue weighted by Crippen LogP contribution is 2.30. The second-order valence-electron chi connectivity index (χ2n) is 5.53. The van der Waals surface area contributed by atoms with Gasteiger partial charge in [0.2, 0.25) is 5.91 Å². The Labute approximate surface area is 125 Å². The van der Waals surface area contributed by atoms with Crippen LogP contribution in [-0.2, 0) is 11.3 Å². The topological polar surface area (TPSA) is 58.4 Å². The number of benzene rings is 1. The summed E-state index contributed by atoms with van der Waals surface area (Å²) in [5.74, 6) is -0.649. The van der Waals surface area contributed by atoms with Crippen molar-refractivity contribution in [3.05, 3.63) is 29.6 Å². The number of anilines is 1. The zero-order chi connectivity index (χ0) is 15.2. The van der Waals surface area contributed by atoms with E-state index in [0.717, 1.165) is 31.4 Å². The number of halogens is 1. The number of amides is 1. The first-order chi connectivity index (χ1) is 10.1. The molecular formula is C16H24FN3O. The molecule has 21 heavy (non-hydrogen) atoms. The Kier molecular flexibility index (Phi) is 5.56. The minimum Gasteiger partial charge on any atom is -0.368 e. The number of primary amides is 1. The molecule has 0 spiro atoms. The molecule has 1 aromatic rings. The zero-order valence-electron chi connectivity index (χ0n) is 12.6. The van der Waals surface area contributed by atoms with E-state index < -0.39 is 6.04 Å². The monoisotopic (exact) mass is 293 g/mol. The summed E-state index contributed by atoms with van der Waals surface area (Å²) in [6.07, 6.45) is 3.64. The van der Waals surface area contributed by atoms with Crippen molar-refractivity contribution in [1.29, 1.82) is 0 Å². The van der Waals surface area contributed by atoms with E-state index >= 15 is 0 Å². The second-order valence-corrected chi connectivity index (χ2v) is 5.53. The molecule has 116 valence electrons. The summed E-state index contributed by atoms with van der Waals surface area (Å²) >= 11 is 0. The fraction of sp³-hybridized carbons (Fsp3) is 0.562. The van der Waals surface area contributed by atoms with Gasteiger partial charge in [0.1, 0.15) is 11.9 Å². The Bertz CT molecular complexity index is 492. The Balaban J connectivity index is 2.29. The maximum Gasteiger partial charge on any atom is 0.240 e. The minimum absolute atomic E-state index is 0.279. The van der Waals surface area contributed by atoms with E-state index in [1.165, 1.54) is 6.07 Å². The van der Waals surface area contributed by atoms with Crippen LogP contribution in [0.1, 0.15) is 38.2 Å². The fourth-order valence-electron chi connectivity index (χ4n) is 2.92. The predicted octanol–water partition coefficient (Wildman–Crippen LogP) is 2.17. The molecular weight excluding hydrogens is 269 g/mol. The van der Waals surface area contributed by atoms with E-state index in [1.807, 2.05) is 11.0 Å². The average molecular weight is 293 g/mol. The van der Waals surface area contributed by atoms with Crippen LogP contribution in [0.25, 0.3) is 0 Å². The summed E-state index contributed by atoms with van der Waals surface area (Å²) < 4.78 is 14.4. The molecule has 0 bridgehead atoms. The molecule has 0 aliphatic carbocycles. The lowest BCUT2D eigenvalue weighted by Crippen LogP contribution is -2.48. The third kappa shape index (κ3) is 3.73. The normalized spacial score (nSPS) is 18.8. The van der Waals surface area contributed by atoms with Crippen molar-refractivity contribution in [2.24, 2.45) is 5.73 Å². The van der Waals surface area contributed by atoms with Crippen LogP contribution in [0, 0.1) is 5.82 Å². The van der Waals surface area contributed by atoms with Crippen LogP contribution in [0.5, 0.6) is 0 Å². The molecule has 0 saturated carbocycles. The number of hydrogen-bond donors (Lipinski definition) is 2. The molecule has 1 heterocycles. The van der Waals surface area contributed by atoms with Crippen molar-refractivity contribution in [2.75, 3.05) is 18.0 Å². The first kappa shape index (κ1) is 15.8. The van der Waals surface area contributed by atoms with Gasteiger partial charge < -0.3 is 16.0 Å². The maximum absolute atomic E-state index is 14.4. The lowest BCUT2D eigenvalue weighted by atomic mass is 9.99. The van der Waals surface area contributed by atoms with Crippen molar-refractivity contribution in [3.63, 3.8) is 0 Å². The Morgan fingerprint density at radius 3 is 3.00 bits per heavy atom. The van der Waals surface area contributed by atoms with Crippen LogP contribution in [0.15, 0.2) is 18.2 Å². The predicted molar refractivity (Wildman–Crippen MR) is 82.6 cm³/mol. The van der Waals surface area contributed by atoms with Crippen molar-refractivity contribution >= 4 is 11.6 Å². The molecule has 1 fully saturated rings. The highest BCUT2D eigenvalue weighted by Gasteiger charge is 2.30. The van der Waals surface area contributed by atoms with E-state index in [9.17, 15) is 9.18 Å². The van der Waals surface area contributed by atoms with Gasteiger partial charge >= 0.3 is 0 Å². The van der Waals surface area contributed by atoms with Crippen LogP contribution in [0.3, 0.4) is 0 Å². The lowest BCUT2D eigenvalue weighted by molar-refractivity contribution is -0.119. The van der Waals surface area contributed by atoms with Gasteiger partial charge in [-0.3, -0.25) is 4.79 Å². The molecule has 2 rings (SSSR count). The Hall–Kier alpha value is -1.62. The van der Waals surface area contributed by atoms with E-state index in [4.69, 9.17) is 5.73 Å². The standard InChI is InChI=1S/C16H24FN3O/c1-2-9-19-11-12-6-5-7-13(17)15(12)20-10-4-3-8-14(20)16(18)21/h5-7,14,19H,2-4,8-11H2,1H3,(H2,18,21). The van der Waals surface area contributed by atoms with Gasteiger partial charge in [-0.25, -0.2) is 4.39 Å². The van der Waals surface area contributed by atoms with Crippen LogP contribution < -0.4 is 16.0 Å². The van der Waals surface area contributed by atoms with Crippen LogP contribution in [0.4, 0.5) is 10.1 Å². The number of carbonyl (C=O) groups excluding carboxylic acids is 1. The molecule has 1 aliphatic heterocycles. The summed E-state index contributed by atoms with van der Waals surface area (Å²) in [4.78, 5) is 13.5. The van der Waals surface area contributed by atoms with E-state index in [-0.39, 0.29) is 11.7 Å². The molecule has 3 N–H and O–H groups in total. The quantitative estimate of drug-likeness (QED) is 0.790. The summed E-state index contributed by atoms with van der Waals surface area (Å²) in [5, 5.41) is 3.29. The molecule has 4 nitrogen and oxygen atoms in total. The maximum atomic E-state index is 14.4. The largest absolute Gasteiger partial charge is 0.368 e. The molecule has 1 atom stereocenters. The molecule has 5 heteroatoms. The average Bonchev–Trinajstić information content (AvgIpc) is 2.48. The van der Waals surface area contributed by atoms with Crippen molar-refractivity contribution in [3.8, 4) is 0 Å². The first-order valence-electron chi connectivity index (χ1n) is 7.69. The molecule has 1 unspecified atom stereocenters. The van der Waals surface area contributed by atoms with Gasteiger partial charge in [-0.15, -0.1) is 0 Å². The number of para-hydroxylation sites is 1. The number of nitrogens with one attached hydrogen (secondary N) is 1. The highest BCUT2D eigenvalue weighted by molar-refractivity contribution is 5.84. The van der Waals surface area contributed by atoms with Gasteiger partial charge in [0.05, 0.1) is 5.69 Å². The number of piperidine rings is 1. The van der Waals surface area contributed by atoms with Crippen molar-refractivity contribution in [2.45, 2.75) is 45.2 Å². The van der Waals surface area contributed by atoms with Gasteiger partial charge in [0.15, 0.2) is 0 Å². The third-order valence-corrected chi connectivity index (χ3v) is 3.93. The van der Waals surface area contributed by atoms with Crippen LogP contribution >= 0.6 is 0 Å². The van der Waals surface area contributed by atoms with Gasteiger partial charge in [0.25, 0.3) is 0 Å². The molecule has 1 amide bonds. The first-order valence-corrected chi connectivity index (χ1v) is 7.69. The smallest absolute Gasteiger partial charge is 0.240 e. The van der Waals surface area contributed by atoms with Gasteiger partial charge in [-0.2, -0.15) is 0 Å². The SMILES string of the molecule is CCCNCc1cccc(F)c1N1CCCCC1C(N)=O. The van der Waals surface area contributed by atoms with Crippen molar-refractivity contribution in [1.82, 2.24) is 5.32 Å². The highest BCUT2D eigenvalue weighted by atomic mass is 19.1. The fourth-order valence-corrected chi connectivity index (χ4v) is 2.92. The summed E-state index contributed by atoms with van der Waals surface area (Å²) in [6.45, 7) is 4.25. The lowest BCUT2D eigenvalue weighted by Gasteiger charge is -2.37. The minimum atomic E-state index is -0.402. The van der Waals surface area contributed by atoms with E-state index in [0.29, 0.717) is 25.2 Å². The van der Waals surface area contributed by atoms with Gasteiger partial charge in [-0.05, 0) is 43.9 Å². The summed E-state index contributed by atoms with van der Waals surface area (Å²) in [6, 6.07) is 4.67. The Morgan fingerprint density at radius 1 is 1.48 bits per heavy atom. The van der Waals surface area contributed by atoms with Crippen LogP contribution in [-0.4, -0.2) is 25.0 Å². The number of nitrogens with zero attached hydrogens (tertiary/aromatic N) is 1. The second kappa shape index (κ2) is 7.41. The molecule has 1 saturated heterocycles. The van der Waals surface area contributed by atoms with Gasteiger partial charge in [-0.1, -0.05) is 19.1 Å². The number of carbonyl (C=O) groups is 1. The zero-order valence-corrected chi connectivity index (χ0v) is 12.6. The molecule has 0 radical (unpaired) electrons. The number of hydrogen-bond acceptors (Lipinski definition) is 3. The molecule has 1 aromatic carbocycles. The molecule has 1 aliphatic rings. The van der Waals surface area contributed by atoms with E-state index in [1.54, 1.807) is 6.07 Å².